The smallest absolute Gasteiger partial charge is 0.232 e. The van der Waals surface area contributed by atoms with Crippen LogP contribution in [-0.4, -0.2) is 4.98 Å². The Balaban J connectivity index is 1.70. The molecule has 5 rings (SSSR count). The molecule has 4 N–H and O–H groups in total. The monoisotopic (exact) mass is 451 g/mol. The Labute approximate surface area is 196 Å². The van der Waals surface area contributed by atoms with E-state index in [0.717, 1.165) is 28.4 Å². The quantitative estimate of drug-likeness (QED) is 0.400. The second-order valence-corrected chi connectivity index (χ2v) is 10.1. The number of nitrogens with two attached hydrogens (primary N) is 2. The second-order valence-electron chi connectivity index (χ2n) is 7.93. The Kier molecular flexibility index (Phi) is 5.64. The molecule has 2 heterocycles. The molecule has 0 bridgehead atoms. The standard InChI is InChI=1S/C27H23N4OS/c28-15-21-24(29)23-25(20-13-7-8-14-22(20)32-27(23)31-26(21)30)33(16-18-9-3-1-4-10-18)17-19-11-5-2-6-12-19/h1-14,25H,16-17H2,(H4,29,30,31)/q+1. The molecular formula is C27H23N4OS+. The Morgan fingerprint density at radius 3 is 2.03 bits per heavy atom. The van der Waals surface area contributed by atoms with Gasteiger partial charge < -0.3 is 16.2 Å². The second kappa shape index (κ2) is 8.89. The van der Waals surface area contributed by atoms with E-state index in [1.165, 1.54) is 11.1 Å². The third-order valence-corrected chi connectivity index (χ3v) is 8.34. The summed E-state index contributed by atoms with van der Waals surface area (Å²) < 4.78 is 6.14. The lowest BCUT2D eigenvalue weighted by atomic mass is 9.98. The van der Waals surface area contributed by atoms with Gasteiger partial charge >= 0.3 is 0 Å². The van der Waals surface area contributed by atoms with E-state index < -0.39 is 0 Å². The van der Waals surface area contributed by atoms with Crippen LogP contribution in [0.25, 0.3) is 0 Å². The number of hydrogen-bond acceptors (Lipinski definition) is 5. The van der Waals surface area contributed by atoms with Gasteiger partial charge in [0.2, 0.25) is 5.88 Å². The van der Waals surface area contributed by atoms with Gasteiger partial charge in [0.25, 0.3) is 0 Å². The maximum absolute atomic E-state index is 9.70. The molecule has 0 saturated carbocycles. The molecule has 6 heteroatoms. The number of benzene rings is 3. The van der Waals surface area contributed by atoms with Crippen LogP contribution in [0, 0.1) is 11.3 Å². The molecule has 0 saturated heterocycles. The summed E-state index contributed by atoms with van der Waals surface area (Å²) in [6.45, 7) is 0. The van der Waals surface area contributed by atoms with E-state index in [-0.39, 0.29) is 27.5 Å². The van der Waals surface area contributed by atoms with Gasteiger partial charge in [0, 0.05) is 22.0 Å². The molecule has 1 aromatic heterocycles. The molecule has 33 heavy (non-hydrogen) atoms. The van der Waals surface area contributed by atoms with Gasteiger partial charge in [-0.25, -0.2) is 0 Å². The fourth-order valence-electron chi connectivity index (χ4n) is 4.25. The van der Waals surface area contributed by atoms with E-state index in [9.17, 15) is 5.26 Å². The van der Waals surface area contributed by atoms with Crippen molar-refractivity contribution in [3.63, 3.8) is 0 Å². The summed E-state index contributed by atoms with van der Waals surface area (Å²) in [5.74, 6) is 2.97. The largest absolute Gasteiger partial charge is 0.438 e. The van der Waals surface area contributed by atoms with E-state index >= 15 is 0 Å². The Bertz CT molecular complexity index is 1290. The highest BCUT2D eigenvalue weighted by Gasteiger charge is 2.43. The van der Waals surface area contributed by atoms with Gasteiger partial charge in [0.15, 0.2) is 5.25 Å². The van der Waals surface area contributed by atoms with Gasteiger partial charge in [-0.1, -0.05) is 72.8 Å². The zero-order chi connectivity index (χ0) is 22.8. The molecule has 1 atom stereocenters. The molecule has 1 aliphatic rings. The highest BCUT2D eigenvalue weighted by atomic mass is 32.2. The molecule has 0 fully saturated rings. The fourth-order valence-corrected chi connectivity index (χ4v) is 7.04. The fraction of sp³-hybridized carbons (Fsp3) is 0.111. The van der Waals surface area contributed by atoms with Gasteiger partial charge in [-0.15, -0.1) is 0 Å². The van der Waals surface area contributed by atoms with E-state index in [1.807, 2.05) is 30.3 Å². The number of ether oxygens (including phenoxy) is 1. The number of hydrogen-bond donors (Lipinski definition) is 2. The SMILES string of the molecule is N#Cc1c(N)nc2c(c1N)C([S+](Cc1ccccc1)Cc1ccccc1)c1ccccc1O2. The van der Waals surface area contributed by atoms with Crippen molar-refractivity contribution in [2.24, 2.45) is 0 Å². The molecule has 1 aliphatic heterocycles. The van der Waals surface area contributed by atoms with E-state index in [2.05, 4.69) is 65.7 Å². The number of para-hydroxylation sites is 1. The lowest BCUT2D eigenvalue weighted by molar-refractivity contribution is 0.440. The molecule has 162 valence electrons. The highest BCUT2D eigenvalue weighted by Crippen LogP contribution is 2.51. The van der Waals surface area contributed by atoms with E-state index in [0.29, 0.717) is 11.6 Å². The Hall–Kier alpha value is -3.95. The first-order chi connectivity index (χ1) is 16.2. The van der Waals surface area contributed by atoms with Crippen molar-refractivity contribution >= 4 is 22.4 Å². The molecule has 5 nitrogen and oxygen atoms in total. The summed E-state index contributed by atoms with van der Waals surface area (Å²) in [6, 6.07) is 31.1. The minimum atomic E-state index is -0.213. The predicted octanol–water partition coefficient (Wildman–Crippen LogP) is 5.33. The minimum absolute atomic E-state index is 0.0782. The first-order valence-corrected chi connectivity index (χ1v) is 12.3. The topological polar surface area (TPSA) is 98.0 Å². The number of rotatable bonds is 5. The maximum atomic E-state index is 9.70. The van der Waals surface area contributed by atoms with Crippen LogP contribution < -0.4 is 16.2 Å². The zero-order valence-corrected chi connectivity index (χ0v) is 18.8. The number of anilines is 2. The number of aromatic nitrogens is 1. The van der Waals surface area contributed by atoms with Crippen LogP contribution in [0.5, 0.6) is 11.6 Å². The summed E-state index contributed by atoms with van der Waals surface area (Å²) in [5, 5.41) is 9.62. The number of pyridine rings is 1. The van der Waals surface area contributed by atoms with Gasteiger partial charge in [-0.2, -0.15) is 10.2 Å². The lowest BCUT2D eigenvalue weighted by Crippen LogP contribution is -2.25. The number of fused-ring (bicyclic) bond motifs is 2. The Morgan fingerprint density at radius 1 is 0.848 bits per heavy atom. The van der Waals surface area contributed by atoms with Crippen LogP contribution in [0.2, 0.25) is 0 Å². The summed E-state index contributed by atoms with van der Waals surface area (Å²) >= 11 is 0. The number of nitrogens with zero attached hydrogens (tertiary/aromatic N) is 2. The van der Waals surface area contributed by atoms with E-state index in [4.69, 9.17) is 16.2 Å². The Morgan fingerprint density at radius 2 is 1.42 bits per heavy atom. The highest BCUT2D eigenvalue weighted by molar-refractivity contribution is 7.95. The zero-order valence-electron chi connectivity index (χ0n) is 17.9. The summed E-state index contributed by atoms with van der Waals surface area (Å²) in [5.41, 5.74) is 17.5. The first kappa shape index (κ1) is 20.9. The van der Waals surface area contributed by atoms with Gasteiger partial charge in [0.05, 0.1) is 16.8 Å². The third-order valence-electron chi connectivity index (χ3n) is 5.77. The van der Waals surface area contributed by atoms with Crippen LogP contribution in [0.4, 0.5) is 11.5 Å². The molecule has 0 amide bonds. The van der Waals surface area contributed by atoms with Crippen molar-refractivity contribution < 1.29 is 4.74 Å². The molecule has 1 unspecified atom stereocenters. The van der Waals surface area contributed by atoms with Gasteiger partial charge in [-0.3, -0.25) is 0 Å². The van der Waals surface area contributed by atoms with Gasteiger partial charge in [-0.05, 0) is 12.1 Å². The van der Waals surface area contributed by atoms with Crippen molar-refractivity contribution in [3.8, 4) is 17.7 Å². The summed E-state index contributed by atoms with van der Waals surface area (Å²) in [4.78, 5) is 4.45. The molecular weight excluding hydrogens is 428 g/mol. The van der Waals surface area contributed by atoms with Crippen LogP contribution in [-0.2, 0) is 22.4 Å². The van der Waals surface area contributed by atoms with Crippen LogP contribution >= 0.6 is 0 Å². The third kappa shape index (κ3) is 3.99. The maximum Gasteiger partial charge on any atom is 0.232 e. The van der Waals surface area contributed by atoms with Crippen LogP contribution in [0.1, 0.15) is 33.1 Å². The molecule has 0 aliphatic carbocycles. The van der Waals surface area contributed by atoms with Crippen molar-refractivity contribution in [2.45, 2.75) is 16.8 Å². The van der Waals surface area contributed by atoms with Crippen molar-refractivity contribution in [2.75, 3.05) is 11.5 Å². The molecule has 4 aromatic rings. The van der Waals surface area contributed by atoms with Crippen molar-refractivity contribution in [1.82, 2.24) is 4.98 Å². The van der Waals surface area contributed by atoms with Crippen LogP contribution in [0.3, 0.4) is 0 Å². The number of nitriles is 1. The van der Waals surface area contributed by atoms with E-state index in [1.54, 1.807) is 0 Å². The van der Waals surface area contributed by atoms with Crippen molar-refractivity contribution in [1.29, 1.82) is 5.26 Å². The normalized spacial score (nSPS) is 14.1. The molecule has 0 radical (unpaired) electrons. The molecule has 3 aromatic carbocycles. The average molecular weight is 452 g/mol. The van der Waals surface area contributed by atoms with Gasteiger partial charge in [0.1, 0.15) is 34.7 Å². The summed E-state index contributed by atoms with van der Waals surface area (Å²) in [7, 11) is -0.213. The lowest BCUT2D eigenvalue weighted by Gasteiger charge is -2.29. The predicted molar refractivity (Wildman–Crippen MR) is 134 cm³/mol. The first-order valence-electron chi connectivity index (χ1n) is 10.7. The molecule has 0 spiro atoms. The number of nitrogen functional groups attached to an aromatic ring is 2. The average Bonchev–Trinajstić information content (AvgIpc) is 2.84. The van der Waals surface area contributed by atoms with Crippen molar-refractivity contribution in [3.05, 3.63) is 113 Å². The van der Waals surface area contributed by atoms with Crippen LogP contribution in [0.15, 0.2) is 84.9 Å². The summed E-state index contributed by atoms with van der Waals surface area (Å²) in [6.07, 6.45) is 0. The minimum Gasteiger partial charge on any atom is -0.438 e.